The number of nitrogens with zero attached hydrogens (tertiary/aromatic N) is 2. The van der Waals surface area contributed by atoms with E-state index in [0.29, 0.717) is 17.8 Å². The van der Waals surface area contributed by atoms with Crippen LogP contribution < -0.4 is 4.74 Å². The standard InChI is InChI=1S/C14H16N2O5/c1-3-7-15-12-6-5-11(16(18)19)8-10(12)9-13(15)21-14(17)20-4-2/h5-6,8-9H,3-4,7H2,1-2H3. The van der Waals surface area contributed by atoms with E-state index >= 15 is 0 Å². The van der Waals surface area contributed by atoms with E-state index < -0.39 is 11.1 Å². The third kappa shape index (κ3) is 3.13. The van der Waals surface area contributed by atoms with Crippen molar-refractivity contribution in [2.45, 2.75) is 26.8 Å². The van der Waals surface area contributed by atoms with Gasteiger partial charge in [-0.15, -0.1) is 0 Å². The van der Waals surface area contributed by atoms with Crippen LogP contribution in [0.15, 0.2) is 24.3 Å². The summed E-state index contributed by atoms with van der Waals surface area (Å²) in [5, 5.41) is 11.5. The molecule has 7 heteroatoms. The first-order valence-corrected chi connectivity index (χ1v) is 6.69. The Kier molecular flexibility index (Phi) is 4.42. The highest BCUT2D eigenvalue weighted by Crippen LogP contribution is 2.29. The second-order valence-electron chi connectivity index (χ2n) is 4.42. The Hall–Kier alpha value is -2.57. The van der Waals surface area contributed by atoms with Gasteiger partial charge >= 0.3 is 6.16 Å². The van der Waals surface area contributed by atoms with Crippen LogP contribution in [0.1, 0.15) is 20.3 Å². The fraction of sp³-hybridized carbons (Fsp3) is 0.357. The van der Waals surface area contributed by atoms with Crippen molar-refractivity contribution in [3.8, 4) is 5.88 Å². The average molecular weight is 292 g/mol. The molecule has 2 aromatic rings. The van der Waals surface area contributed by atoms with Gasteiger partial charge < -0.3 is 14.0 Å². The van der Waals surface area contributed by atoms with Crippen molar-refractivity contribution < 1.29 is 19.2 Å². The number of nitro groups is 1. The molecule has 112 valence electrons. The Bertz CT molecular complexity index is 677. The number of fused-ring (bicyclic) bond motifs is 1. The molecule has 0 aliphatic carbocycles. The van der Waals surface area contributed by atoms with Crippen molar-refractivity contribution in [3.05, 3.63) is 34.4 Å². The van der Waals surface area contributed by atoms with E-state index in [1.54, 1.807) is 23.6 Å². The van der Waals surface area contributed by atoms with Gasteiger partial charge in [0.2, 0.25) is 5.88 Å². The van der Waals surface area contributed by atoms with Crippen LogP contribution in [0.4, 0.5) is 10.5 Å². The molecule has 0 fully saturated rings. The number of benzene rings is 1. The summed E-state index contributed by atoms with van der Waals surface area (Å²) in [6.45, 7) is 4.53. The Morgan fingerprint density at radius 3 is 2.71 bits per heavy atom. The summed E-state index contributed by atoms with van der Waals surface area (Å²) in [4.78, 5) is 21.8. The van der Waals surface area contributed by atoms with Gasteiger partial charge in [-0.25, -0.2) is 4.79 Å². The van der Waals surface area contributed by atoms with Crippen LogP contribution in [0.3, 0.4) is 0 Å². The second kappa shape index (κ2) is 6.25. The van der Waals surface area contributed by atoms with E-state index in [1.807, 2.05) is 6.92 Å². The number of hydrogen-bond acceptors (Lipinski definition) is 5. The summed E-state index contributed by atoms with van der Waals surface area (Å²) >= 11 is 0. The maximum Gasteiger partial charge on any atom is 0.515 e. The summed E-state index contributed by atoms with van der Waals surface area (Å²) in [7, 11) is 0. The lowest BCUT2D eigenvalue weighted by Crippen LogP contribution is -2.13. The second-order valence-corrected chi connectivity index (χ2v) is 4.42. The highest BCUT2D eigenvalue weighted by molar-refractivity contribution is 5.85. The third-order valence-corrected chi connectivity index (χ3v) is 2.96. The lowest BCUT2D eigenvalue weighted by atomic mass is 10.2. The molecule has 0 bridgehead atoms. The maximum atomic E-state index is 11.5. The van der Waals surface area contributed by atoms with E-state index in [-0.39, 0.29) is 12.3 Å². The number of ether oxygens (including phenoxy) is 2. The maximum absolute atomic E-state index is 11.5. The summed E-state index contributed by atoms with van der Waals surface area (Å²) < 4.78 is 11.7. The number of nitro benzene ring substituents is 1. The normalized spacial score (nSPS) is 10.6. The van der Waals surface area contributed by atoms with Crippen LogP contribution in [0, 0.1) is 10.1 Å². The fourth-order valence-electron chi connectivity index (χ4n) is 2.12. The van der Waals surface area contributed by atoms with E-state index in [1.165, 1.54) is 12.1 Å². The molecule has 21 heavy (non-hydrogen) atoms. The molecular weight excluding hydrogens is 276 g/mol. The molecule has 0 unspecified atom stereocenters. The Balaban J connectivity index is 2.45. The lowest BCUT2D eigenvalue weighted by Gasteiger charge is -2.09. The first-order chi connectivity index (χ1) is 10.1. The molecule has 1 aromatic heterocycles. The van der Waals surface area contributed by atoms with Gasteiger partial charge in [0, 0.05) is 30.1 Å². The number of carbonyl (C=O) groups excluding carboxylic acids is 1. The Morgan fingerprint density at radius 1 is 1.33 bits per heavy atom. The zero-order valence-electron chi connectivity index (χ0n) is 11.9. The van der Waals surface area contributed by atoms with Crippen LogP contribution in [-0.2, 0) is 11.3 Å². The topological polar surface area (TPSA) is 83.6 Å². The minimum absolute atomic E-state index is 0.00108. The Labute approximate surface area is 121 Å². The number of non-ortho nitro benzene ring substituents is 1. The van der Waals surface area contributed by atoms with E-state index in [9.17, 15) is 14.9 Å². The minimum Gasteiger partial charge on any atom is -0.434 e. The summed E-state index contributed by atoms with van der Waals surface area (Å²) in [6, 6.07) is 6.15. The quantitative estimate of drug-likeness (QED) is 0.478. The molecule has 7 nitrogen and oxygen atoms in total. The number of aromatic nitrogens is 1. The molecule has 1 aromatic carbocycles. The molecule has 0 atom stereocenters. The van der Waals surface area contributed by atoms with E-state index in [0.717, 1.165) is 11.9 Å². The summed E-state index contributed by atoms with van der Waals surface area (Å²) in [5.74, 6) is 0.325. The molecular formula is C14H16N2O5. The number of rotatable bonds is 5. The largest absolute Gasteiger partial charge is 0.515 e. The molecule has 0 aliphatic rings. The molecule has 0 spiro atoms. The van der Waals surface area contributed by atoms with Crippen LogP contribution >= 0.6 is 0 Å². The molecule has 0 saturated carbocycles. The lowest BCUT2D eigenvalue weighted by molar-refractivity contribution is -0.384. The SMILES string of the molecule is CCCn1c(OC(=O)OCC)cc2cc([N+](=O)[O-])ccc21. The van der Waals surface area contributed by atoms with Gasteiger partial charge in [-0.2, -0.15) is 0 Å². The fourth-order valence-corrected chi connectivity index (χ4v) is 2.12. The first-order valence-electron chi connectivity index (χ1n) is 6.69. The van der Waals surface area contributed by atoms with E-state index in [4.69, 9.17) is 9.47 Å². The number of aryl methyl sites for hydroxylation is 1. The predicted molar refractivity (Wildman–Crippen MR) is 76.5 cm³/mol. The van der Waals surface area contributed by atoms with E-state index in [2.05, 4.69) is 0 Å². The van der Waals surface area contributed by atoms with Crippen molar-refractivity contribution in [3.63, 3.8) is 0 Å². The predicted octanol–water partition coefficient (Wildman–Crippen LogP) is 3.49. The zero-order chi connectivity index (χ0) is 15.4. The Morgan fingerprint density at radius 2 is 2.10 bits per heavy atom. The van der Waals surface area contributed by atoms with Gasteiger partial charge in [0.05, 0.1) is 17.0 Å². The molecule has 2 rings (SSSR count). The van der Waals surface area contributed by atoms with Crippen LogP contribution in [0.2, 0.25) is 0 Å². The molecule has 0 saturated heterocycles. The van der Waals surface area contributed by atoms with Crippen LogP contribution in [0.5, 0.6) is 5.88 Å². The van der Waals surface area contributed by atoms with Crippen molar-refractivity contribution in [2.75, 3.05) is 6.61 Å². The number of carbonyl (C=O) groups is 1. The van der Waals surface area contributed by atoms with Gasteiger partial charge in [-0.05, 0) is 19.4 Å². The monoisotopic (exact) mass is 292 g/mol. The molecule has 0 amide bonds. The average Bonchev–Trinajstić information content (AvgIpc) is 2.76. The smallest absolute Gasteiger partial charge is 0.434 e. The number of hydrogen-bond donors (Lipinski definition) is 0. The molecule has 0 N–H and O–H groups in total. The van der Waals surface area contributed by atoms with Crippen LogP contribution in [0.25, 0.3) is 10.9 Å². The molecule has 1 heterocycles. The molecule has 0 radical (unpaired) electrons. The third-order valence-electron chi connectivity index (χ3n) is 2.96. The van der Waals surface area contributed by atoms with Crippen LogP contribution in [-0.4, -0.2) is 22.3 Å². The highest BCUT2D eigenvalue weighted by atomic mass is 16.7. The van der Waals surface area contributed by atoms with Crippen molar-refractivity contribution in [2.24, 2.45) is 0 Å². The molecule has 0 aliphatic heterocycles. The van der Waals surface area contributed by atoms with Crippen molar-refractivity contribution >= 4 is 22.7 Å². The van der Waals surface area contributed by atoms with Gasteiger partial charge in [-0.3, -0.25) is 10.1 Å². The van der Waals surface area contributed by atoms with Gasteiger partial charge in [-0.1, -0.05) is 6.92 Å². The van der Waals surface area contributed by atoms with Gasteiger partial charge in [0.25, 0.3) is 5.69 Å². The van der Waals surface area contributed by atoms with Crippen molar-refractivity contribution in [1.29, 1.82) is 0 Å². The van der Waals surface area contributed by atoms with Crippen molar-refractivity contribution in [1.82, 2.24) is 4.57 Å². The first kappa shape index (κ1) is 14.8. The van der Waals surface area contributed by atoms with Gasteiger partial charge in [0.1, 0.15) is 0 Å². The summed E-state index contributed by atoms with van der Waals surface area (Å²) in [5.41, 5.74) is 0.778. The zero-order valence-corrected chi connectivity index (χ0v) is 11.9. The highest BCUT2D eigenvalue weighted by Gasteiger charge is 2.16. The van der Waals surface area contributed by atoms with Gasteiger partial charge in [0.15, 0.2) is 0 Å². The minimum atomic E-state index is -0.785. The summed E-state index contributed by atoms with van der Waals surface area (Å²) in [6.07, 6.45) is 0.0482.